The van der Waals surface area contributed by atoms with E-state index in [0.29, 0.717) is 18.1 Å². The van der Waals surface area contributed by atoms with Gasteiger partial charge in [0.1, 0.15) is 0 Å². The lowest BCUT2D eigenvalue weighted by Crippen LogP contribution is -2.54. The van der Waals surface area contributed by atoms with Gasteiger partial charge in [-0.3, -0.25) is 9.58 Å². The minimum Gasteiger partial charge on any atom is -0.311 e. The van der Waals surface area contributed by atoms with Crippen LogP contribution in [0.1, 0.15) is 32.5 Å². The van der Waals surface area contributed by atoms with Crippen LogP contribution in [0.5, 0.6) is 0 Å². The molecule has 0 saturated carbocycles. The van der Waals surface area contributed by atoms with Crippen LogP contribution < -0.4 is 5.32 Å². The second-order valence-corrected chi connectivity index (χ2v) is 4.91. The van der Waals surface area contributed by atoms with Gasteiger partial charge in [-0.1, -0.05) is 0 Å². The summed E-state index contributed by atoms with van der Waals surface area (Å²) in [5.74, 6) is 0. The van der Waals surface area contributed by atoms with Gasteiger partial charge in [0.25, 0.3) is 0 Å². The Bertz CT molecular complexity index is 347. The molecule has 4 heteroatoms. The van der Waals surface area contributed by atoms with Gasteiger partial charge >= 0.3 is 0 Å². The van der Waals surface area contributed by atoms with E-state index in [1.54, 1.807) is 0 Å². The van der Waals surface area contributed by atoms with Crippen molar-refractivity contribution in [1.29, 1.82) is 0 Å². The molecule has 1 aromatic heterocycles. The SMILES string of the molecule is CC1CN(C(C)c2ccnn2C)C(C)CN1. The van der Waals surface area contributed by atoms with Crippen LogP contribution in [0.25, 0.3) is 0 Å². The molecule has 2 rings (SSSR count). The molecule has 2 heterocycles. The van der Waals surface area contributed by atoms with Gasteiger partial charge < -0.3 is 5.32 Å². The Morgan fingerprint density at radius 1 is 1.50 bits per heavy atom. The van der Waals surface area contributed by atoms with Crippen molar-refractivity contribution in [3.63, 3.8) is 0 Å². The van der Waals surface area contributed by atoms with E-state index in [4.69, 9.17) is 0 Å². The Hall–Kier alpha value is -0.870. The summed E-state index contributed by atoms with van der Waals surface area (Å²) in [5, 5.41) is 7.76. The van der Waals surface area contributed by atoms with Gasteiger partial charge in [0.2, 0.25) is 0 Å². The molecule has 0 aromatic carbocycles. The van der Waals surface area contributed by atoms with E-state index in [9.17, 15) is 0 Å². The first-order valence-corrected chi connectivity index (χ1v) is 6.06. The summed E-state index contributed by atoms with van der Waals surface area (Å²) in [5.41, 5.74) is 1.29. The van der Waals surface area contributed by atoms with E-state index in [1.165, 1.54) is 5.69 Å². The molecule has 1 fully saturated rings. The lowest BCUT2D eigenvalue weighted by Gasteiger charge is -2.41. The monoisotopic (exact) mass is 222 g/mol. The van der Waals surface area contributed by atoms with Crippen LogP contribution in [0, 0.1) is 0 Å². The highest BCUT2D eigenvalue weighted by molar-refractivity contribution is 5.07. The van der Waals surface area contributed by atoms with Gasteiger partial charge in [0, 0.05) is 44.5 Å². The molecular weight excluding hydrogens is 200 g/mol. The number of aromatic nitrogens is 2. The van der Waals surface area contributed by atoms with Crippen molar-refractivity contribution >= 4 is 0 Å². The minimum atomic E-state index is 0.437. The van der Waals surface area contributed by atoms with Crippen LogP contribution in [0.3, 0.4) is 0 Å². The smallest absolute Gasteiger partial charge is 0.0549 e. The fourth-order valence-electron chi connectivity index (χ4n) is 2.55. The highest BCUT2D eigenvalue weighted by Gasteiger charge is 2.28. The molecule has 0 amide bonds. The number of rotatable bonds is 2. The number of hydrogen-bond acceptors (Lipinski definition) is 3. The molecule has 1 saturated heterocycles. The van der Waals surface area contributed by atoms with Crippen LogP contribution in [0.4, 0.5) is 0 Å². The standard InChI is InChI=1S/C12H22N4/c1-9-8-16(10(2)7-13-9)11(3)12-5-6-14-15(12)4/h5-6,9-11,13H,7-8H2,1-4H3. The average Bonchev–Trinajstić information content (AvgIpc) is 2.67. The van der Waals surface area contributed by atoms with Gasteiger partial charge in [-0.05, 0) is 26.8 Å². The second-order valence-electron chi connectivity index (χ2n) is 4.91. The van der Waals surface area contributed by atoms with Crippen LogP contribution in [0.15, 0.2) is 12.3 Å². The highest BCUT2D eigenvalue weighted by atomic mass is 15.3. The molecule has 1 aliphatic heterocycles. The van der Waals surface area contributed by atoms with Crippen LogP contribution in [-0.2, 0) is 7.05 Å². The van der Waals surface area contributed by atoms with Gasteiger partial charge in [0.05, 0.1) is 5.69 Å². The summed E-state index contributed by atoms with van der Waals surface area (Å²) >= 11 is 0. The topological polar surface area (TPSA) is 33.1 Å². The highest BCUT2D eigenvalue weighted by Crippen LogP contribution is 2.23. The fraction of sp³-hybridized carbons (Fsp3) is 0.750. The van der Waals surface area contributed by atoms with Crippen molar-refractivity contribution < 1.29 is 0 Å². The van der Waals surface area contributed by atoms with Crippen LogP contribution >= 0.6 is 0 Å². The first-order chi connectivity index (χ1) is 7.59. The molecule has 1 N–H and O–H groups in total. The maximum atomic E-state index is 4.25. The molecule has 3 atom stereocenters. The van der Waals surface area contributed by atoms with Gasteiger partial charge in [-0.2, -0.15) is 5.10 Å². The molecule has 1 aliphatic rings. The summed E-state index contributed by atoms with van der Waals surface area (Å²) in [6.07, 6.45) is 1.88. The molecule has 90 valence electrons. The normalized spacial score (nSPS) is 29.2. The minimum absolute atomic E-state index is 0.437. The lowest BCUT2D eigenvalue weighted by atomic mass is 10.1. The summed E-state index contributed by atoms with van der Waals surface area (Å²) in [7, 11) is 2.02. The predicted molar refractivity (Wildman–Crippen MR) is 65.3 cm³/mol. The Morgan fingerprint density at radius 2 is 2.25 bits per heavy atom. The second kappa shape index (κ2) is 4.55. The van der Waals surface area contributed by atoms with E-state index in [2.05, 4.69) is 42.2 Å². The number of piperazine rings is 1. The average molecular weight is 222 g/mol. The third kappa shape index (κ3) is 2.13. The van der Waals surface area contributed by atoms with Crippen molar-refractivity contribution in [2.75, 3.05) is 13.1 Å². The molecule has 0 radical (unpaired) electrons. The van der Waals surface area contributed by atoms with E-state index in [0.717, 1.165) is 13.1 Å². The Morgan fingerprint density at radius 3 is 2.88 bits per heavy atom. The largest absolute Gasteiger partial charge is 0.311 e. The van der Waals surface area contributed by atoms with Crippen LogP contribution in [0.2, 0.25) is 0 Å². The number of aryl methyl sites for hydroxylation is 1. The molecule has 16 heavy (non-hydrogen) atoms. The molecule has 3 unspecified atom stereocenters. The number of hydrogen-bond donors (Lipinski definition) is 1. The maximum absolute atomic E-state index is 4.25. The van der Waals surface area contributed by atoms with Crippen molar-refractivity contribution in [2.45, 2.75) is 38.9 Å². The molecular formula is C12H22N4. The summed E-state index contributed by atoms with van der Waals surface area (Å²) < 4.78 is 1.98. The van der Waals surface area contributed by atoms with Crippen LogP contribution in [-0.4, -0.2) is 39.9 Å². The summed E-state index contributed by atoms with van der Waals surface area (Å²) in [6.45, 7) is 8.98. The van der Waals surface area contributed by atoms with Crippen molar-refractivity contribution in [1.82, 2.24) is 20.0 Å². The summed E-state index contributed by atoms with van der Waals surface area (Å²) in [4.78, 5) is 2.55. The fourth-order valence-corrected chi connectivity index (χ4v) is 2.55. The van der Waals surface area contributed by atoms with Gasteiger partial charge in [0.15, 0.2) is 0 Å². The molecule has 0 aliphatic carbocycles. The third-order valence-electron chi connectivity index (χ3n) is 3.60. The number of nitrogens with zero attached hydrogens (tertiary/aromatic N) is 3. The zero-order chi connectivity index (χ0) is 11.7. The quantitative estimate of drug-likeness (QED) is 0.815. The summed E-state index contributed by atoms with van der Waals surface area (Å²) in [6, 6.07) is 3.71. The first kappa shape index (κ1) is 11.6. The van der Waals surface area contributed by atoms with Crippen molar-refractivity contribution in [2.24, 2.45) is 7.05 Å². The Kier molecular flexibility index (Phi) is 3.30. The molecule has 0 spiro atoms. The van der Waals surface area contributed by atoms with Gasteiger partial charge in [-0.15, -0.1) is 0 Å². The van der Waals surface area contributed by atoms with E-state index >= 15 is 0 Å². The van der Waals surface area contributed by atoms with Crippen molar-refractivity contribution in [3.05, 3.63) is 18.0 Å². The number of nitrogens with one attached hydrogen (secondary N) is 1. The first-order valence-electron chi connectivity index (χ1n) is 6.06. The van der Waals surface area contributed by atoms with E-state index in [1.807, 2.05) is 17.9 Å². The lowest BCUT2D eigenvalue weighted by molar-refractivity contribution is 0.0994. The molecule has 4 nitrogen and oxygen atoms in total. The third-order valence-corrected chi connectivity index (χ3v) is 3.60. The zero-order valence-electron chi connectivity index (χ0n) is 10.6. The Balaban J connectivity index is 2.14. The van der Waals surface area contributed by atoms with E-state index < -0.39 is 0 Å². The molecule has 0 bridgehead atoms. The Labute approximate surface area is 97.6 Å². The molecule has 1 aromatic rings. The van der Waals surface area contributed by atoms with E-state index in [-0.39, 0.29) is 0 Å². The predicted octanol–water partition coefficient (Wildman–Crippen LogP) is 1.16. The zero-order valence-corrected chi connectivity index (χ0v) is 10.6. The van der Waals surface area contributed by atoms with Gasteiger partial charge in [-0.25, -0.2) is 0 Å². The maximum Gasteiger partial charge on any atom is 0.0549 e. The van der Waals surface area contributed by atoms with Crippen molar-refractivity contribution in [3.8, 4) is 0 Å².